The first-order chi connectivity index (χ1) is 10.7. The van der Waals surface area contributed by atoms with Crippen molar-refractivity contribution in [3.8, 4) is 5.75 Å². The smallest absolute Gasteiger partial charge is 0.257 e. The van der Waals surface area contributed by atoms with Crippen LogP contribution in [0.5, 0.6) is 5.75 Å². The van der Waals surface area contributed by atoms with E-state index in [-0.39, 0.29) is 27.8 Å². The van der Waals surface area contributed by atoms with Crippen LogP contribution in [0.3, 0.4) is 0 Å². The molecule has 1 aromatic carbocycles. The molecule has 0 aromatic heterocycles. The van der Waals surface area contributed by atoms with E-state index < -0.39 is 15.9 Å². The number of sulfonamides is 1. The molecule has 0 aliphatic rings. The van der Waals surface area contributed by atoms with Gasteiger partial charge in [0.2, 0.25) is 10.0 Å². The molecule has 9 heteroatoms. The van der Waals surface area contributed by atoms with E-state index in [9.17, 15) is 13.2 Å². The number of halogens is 1. The maximum Gasteiger partial charge on any atom is 0.257 e. The zero-order chi connectivity index (χ0) is 17.6. The standard InChI is InChI=1S/C14H22ClN3O4S/c1-5-16-6-7-17-23(20,21)12-9-10(15)8-11(13(12)22-4)14(19)18(2)3/h8-9,16-17H,5-7H2,1-4H3. The summed E-state index contributed by atoms with van der Waals surface area (Å²) in [5.41, 5.74) is 0.0945. The number of benzene rings is 1. The highest BCUT2D eigenvalue weighted by Crippen LogP contribution is 2.32. The minimum absolute atomic E-state index is 0.0240. The summed E-state index contributed by atoms with van der Waals surface area (Å²) in [7, 11) is 0.577. The van der Waals surface area contributed by atoms with Crippen LogP contribution >= 0.6 is 11.6 Å². The lowest BCUT2D eigenvalue weighted by atomic mass is 10.2. The maximum atomic E-state index is 12.5. The molecule has 1 aromatic rings. The number of ether oxygens (including phenoxy) is 1. The number of amides is 1. The predicted molar refractivity (Wildman–Crippen MR) is 89.8 cm³/mol. The van der Waals surface area contributed by atoms with Gasteiger partial charge in [-0.2, -0.15) is 0 Å². The fourth-order valence-corrected chi connectivity index (χ4v) is 3.44. The van der Waals surface area contributed by atoms with Crippen LogP contribution in [-0.2, 0) is 10.0 Å². The van der Waals surface area contributed by atoms with Crippen LogP contribution in [-0.4, -0.2) is 60.1 Å². The molecule has 0 saturated carbocycles. The highest BCUT2D eigenvalue weighted by atomic mass is 35.5. The number of nitrogens with zero attached hydrogens (tertiary/aromatic N) is 1. The molecule has 0 atom stereocenters. The molecular weight excluding hydrogens is 342 g/mol. The lowest BCUT2D eigenvalue weighted by molar-refractivity contribution is 0.0824. The van der Waals surface area contributed by atoms with Crippen LogP contribution in [0.1, 0.15) is 17.3 Å². The van der Waals surface area contributed by atoms with Gasteiger partial charge in [-0.3, -0.25) is 4.79 Å². The Morgan fingerprint density at radius 2 is 1.96 bits per heavy atom. The third-order valence-electron chi connectivity index (χ3n) is 2.99. The van der Waals surface area contributed by atoms with Crippen molar-refractivity contribution in [2.75, 3.05) is 40.8 Å². The van der Waals surface area contributed by atoms with Crippen molar-refractivity contribution in [1.82, 2.24) is 14.9 Å². The second-order valence-corrected chi connectivity index (χ2v) is 7.11. The third kappa shape index (κ3) is 5.07. The lowest BCUT2D eigenvalue weighted by Gasteiger charge is -2.17. The number of methoxy groups -OCH3 is 1. The Labute approximate surface area is 142 Å². The second-order valence-electron chi connectivity index (χ2n) is 4.94. The summed E-state index contributed by atoms with van der Waals surface area (Å²) in [5, 5.41) is 3.15. The summed E-state index contributed by atoms with van der Waals surface area (Å²) >= 11 is 5.99. The number of hydrogen-bond acceptors (Lipinski definition) is 5. The Hall–Kier alpha value is -1.35. The zero-order valence-electron chi connectivity index (χ0n) is 13.6. The number of carbonyl (C=O) groups is 1. The molecule has 1 rings (SSSR count). The molecule has 0 unspecified atom stereocenters. The molecule has 130 valence electrons. The van der Waals surface area contributed by atoms with Gasteiger partial charge in [-0.15, -0.1) is 0 Å². The summed E-state index contributed by atoms with van der Waals surface area (Å²) in [6, 6.07) is 2.66. The summed E-state index contributed by atoms with van der Waals surface area (Å²) in [6.45, 7) is 3.36. The van der Waals surface area contributed by atoms with Crippen molar-refractivity contribution in [3.05, 3.63) is 22.7 Å². The first kappa shape index (κ1) is 19.7. The molecule has 0 fully saturated rings. The van der Waals surface area contributed by atoms with Gasteiger partial charge in [-0.05, 0) is 18.7 Å². The summed E-state index contributed by atoms with van der Waals surface area (Å²) < 4.78 is 32.6. The van der Waals surface area contributed by atoms with Crippen LogP contribution in [0.2, 0.25) is 5.02 Å². The van der Waals surface area contributed by atoms with E-state index in [1.807, 2.05) is 6.92 Å². The highest BCUT2D eigenvalue weighted by Gasteiger charge is 2.26. The molecule has 0 aliphatic carbocycles. The Morgan fingerprint density at radius 1 is 1.30 bits per heavy atom. The van der Waals surface area contributed by atoms with Crippen molar-refractivity contribution in [1.29, 1.82) is 0 Å². The van der Waals surface area contributed by atoms with Crippen molar-refractivity contribution in [2.24, 2.45) is 0 Å². The SMILES string of the molecule is CCNCCNS(=O)(=O)c1cc(Cl)cc(C(=O)N(C)C)c1OC. The number of nitrogens with one attached hydrogen (secondary N) is 2. The molecule has 0 bridgehead atoms. The van der Waals surface area contributed by atoms with Gasteiger partial charge in [-0.25, -0.2) is 13.1 Å². The fraction of sp³-hybridized carbons (Fsp3) is 0.500. The van der Waals surface area contributed by atoms with E-state index in [0.29, 0.717) is 6.54 Å². The van der Waals surface area contributed by atoms with Gasteiger partial charge >= 0.3 is 0 Å². The van der Waals surface area contributed by atoms with Gasteiger partial charge in [0, 0.05) is 32.2 Å². The summed E-state index contributed by atoms with van der Waals surface area (Å²) in [4.78, 5) is 13.4. The third-order valence-corrected chi connectivity index (χ3v) is 4.68. The first-order valence-electron chi connectivity index (χ1n) is 7.04. The molecule has 2 N–H and O–H groups in total. The Morgan fingerprint density at radius 3 is 2.48 bits per heavy atom. The van der Waals surface area contributed by atoms with Crippen LogP contribution in [0.25, 0.3) is 0 Å². The number of carbonyl (C=O) groups excluding carboxylic acids is 1. The zero-order valence-corrected chi connectivity index (χ0v) is 15.2. The largest absolute Gasteiger partial charge is 0.494 e. The quantitative estimate of drug-likeness (QED) is 0.671. The van der Waals surface area contributed by atoms with Gasteiger partial charge in [0.25, 0.3) is 5.91 Å². The van der Waals surface area contributed by atoms with E-state index in [4.69, 9.17) is 16.3 Å². The van der Waals surface area contributed by atoms with Crippen LogP contribution < -0.4 is 14.8 Å². The Balaban J connectivity index is 3.27. The number of rotatable bonds is 8. The van der Waals surface area contributed by atoms with Crippen molar-refractivity contribution < 1.29 is 17.9 Å². The number of hydrogen-bond donors (Lipinski definition) is 2. The molecular formula is C14H22ClN3O4S. The van der Waals surface area contributed by atoms with Gasteiger partial charge in [0.1, 0.15) is 4.90 Å². The van der Waals surface area contributed by atoms with E-state index in [1.165, 1.54) is 24.1 Å². The van der Waals surface area contributed by atoms with E-state index >= 15 is 0 Å². The van der Waals surface area contributed by atoms with Crippen LogP contribution in [0, 0.1) is 0 Å². The topological polar surface area (TPSA) is 87.7 Å². The summed E-state index contributed by atoms with van der Waals surface area (Å²) in [5.74, 6) is -0.419. The Bertz CT molecular complexity index is 662. The van der Waals surface area contributed by atoms with E-state index in [0.717, 1.165) is 6.54 Å². The molecule has 0 spiro atoms. The van der Waals surface area contributed by atoms with Gasteiger partial charge < -0.3 is 15.0 Å². The summed E-state index contributed by atoms with van der Waals surface area (Å²) in [6.07, 6.45) is 0. The molecule has 0 saturated heterocycles. The normalized spacial score (nSPS) is 11.3. The predicted octanol–water partition coefficient (Wildman–Crippen LogP) is 0.938. The average molecular weight is 364 g/mol. The monoisotopic (exact) mass is 363 g/mol. The highest BCUT2D eigenvalue weighted by molar-refractivity contribution is 7.89. The van der Waals surface area contributed by atoms with Crippen molar-refractivity contribution in [3.63, 3.8) is 0 Å². The van der Waals surface area contributed by atoms with Crippen LogP contribution in [0.4, 0.5) is 0 Å². The van der Waals surface area contributed by atoms with Crippen molar-refractivity contribution >= 4 is 27.5 Å². The Kier molecular flexibility index (Phi) is 7.27. The fourth-order valence-electron chi connectivity index (χ4n) is 1.91. The molecule has 0 radical (unpaired) electrons. The average Bonchev–Trinajstić information content (AvgIpc) is 2.49. The van der Waals surface area contributed by atoms with E-state index in [2.05, 4.69) is 10.0 Å². The minimum atomic E-state index is -3.86. The van der Waals surface area contributed by atoms with E-state index in [1.54, 1.807) is 14.1 Å². The molecule has 0 aliphatic heterocycles. The van der Waals surface area contributed by atoms with Gasteiger partial charge in [-0.1, -0.05) is 18.5 Å². The molecule has 23 heavy (non-hydrogen) atoms. The minimum Gasteiger partial charge on any atom is -0.494 e. The van der Waals surface area contributed by atoms with Gasteiger partial charge in [0.15, 0.2) is 5.75 Å². The molecule has 7 nitrogen and oxygen atoms in total. The first-order valence-corrected chi connectivity index (χ1v) is 8.90. The van der Waals surface area contributed by atoms with Crippen LogP contribution in [0.15, 0.2) is 17.0 Å². The van der Waals surface area contributed by atoms with Gasteiger partial charge in [0.05, 0.1) is 12.7 Å². The molecule has 1 amide bonds. The second kappa shape index (κ2) is 8.49. The number of likely N-dealkylation sites (N-methyl/N-ethyl adjacent to an activating group) is 1. The molecule has 0 heterocycles. The lowest BCUT2D eigenvalue weighted by Crippen LogP contribution is -2.32. The maximum absolute atomic E-state index is 12.5. The van der Waals surface area contributed by atoms with Crippen molar-refractivity contribution in [2.45, 2.75) is 11.8 Å².